The molecule has 4 heteroatoms. The SMILES string of the molecule is COc1ccc2ccc3c(c2c1)N=CC1(O3)N(C)c2ccc(C)c(C)c2C1(C)C. The highest BCUT2D eigenvalue weighted by Gasteiger charge is 2.59. The molecule has 0 radical (unpaired) electrons. The van der Waals surface area contributed by atoms with Crippen molar-refractivity contribution in [1.82, 2.24) is 0 Å². The second-order valence-corrected chi connectivity index (χ2v) is 8.64. The standard InChI is InChI=1S/C25H26N2O2/c1-15-7-11-20-22(16(15)2)24(3,4)25(27(20)5)14-26-23-19-13-18(28-6)10-8-17(19)9-12-21(23)29-25/h7-14H,1-6H3. The summed E-state index contributed by atoms with van der Waals surface area (Å²) in [5.41, 5.74) is 5.08. The number of likely N-dealkylation sites (N-methyl/N-ethyl adjacent to an activating group) is 1. The Bertz CT molecular complexity index is 1200. The fourth-order valence-corrected chi connectivity index (χ4v) is 5.04. The van der Waals surface area contributed by atoms with E-state index in [1.165, 1.54) is 22.4 Å². The molecule has 0 saturated carbocycles. The van der Waals surface area contributed by atoms with E-state index >= 15 is 0 Å². The molecule has 5 rings (SSSR count). The molecule has 3 aromatic carbocycles. The van der Waals surface area contributed by atoms with E-state index in [0.29, 0.717) is 0 Å². The van der Waals surface area contributed by atoms with Crippen LogP contribution in [0.15, 0.2) is 47.5 Å². The first-order valence-electron chi connectivity index (χ1n) is 9.99. The minimum atomic E-state index is -0.673. The van der Waals surface area contributed by atoms with Gasteiger partial charge in [0, 0.05) is 18.1 Å². The molecule has 3 aromatic rings. The average molecular weight is 386 g/mol. The maximum Gasteiger partial charge on any atom is 0.228 e. The number of benzene rings is 3. The summed E-state index contributed by atoms with van der Waals surface area (Å²) in [5.74, 6) is 1.62. The Balaban J connectivity index is 1.71. The maximum absolute atomic E-state index is 6.80. The Kier molecular flexibility index (Phi) is 3.58. The molecule has 1 unspecified atom stereocenters. The second kappa shape index (κ2) is 5.76. The summed E-state index contributed by atoms with van der Waals surface area (Å²) >= 11 is 0. The summed E-state index contributed by atoms with van der Waals surface area (Å²) < 4.78 is 12.2. The van der Waals surface area contributed by atoms with Crippen LogP contribution in [-0.2, 0) is 5.41 Å². The predicted octanol–water partition coefficient (Wildman–Crippen LogP) is 5.68. The first-order chi connectivity index (χ1) is 13.8. The number of rotatable bonds is 1. The molecule has 2 aliphatic heterocycles. The molecule has 0 N–H and O–H groups in total. The van der Waals surface area contributed by atoms with Crippen LogP contribution in [0.5, 0.6) is 11.5 Å². The van der Waals surface area contributed by atoms with Crippen LogP contribution in [0, 0.1) is 13.8 Å². The van der Waals surface area contributed by atoms with Crippen molar-refractivity contribution in [3.8, 4) is 11.5 Å². The third-order valence-corrected chi connectivity index (χ3v) is 6.89. The van der Waals surface area contributed by atoms with Crippen LogP contribution in [-0.4, -0.2) is 26.1 Å². The molecule has 0 aromatic heterocycles. The molecular weight excluding hydrogens is 360 g/mol. The molecule has 2 heterocycles. The first kappa shape index (κ1) is 18.0. The zero-order chi connectivity index (χ0) is 20.6. The summed E-state index contributed by atoms with van der Waals surface area (Å²) in [6, 6.07) is 14.6. The Morgan fingerprint density at radius 2 is 1.79 bits per heavy atom. The van der Waals surface area contributed by atoms with Crippen LogP contribution in [0.25, 0.3) is 10.8 Å². The lowest BCUT2D eigenvalue weighted by Gasteiger charge is -2.45. The number of aryl methyl sites for hydroxylation is 1. The number of fused-ring (bicyclic) bond motifs is 4. The van der Waals surface area contributed by atoms with Gasteiger partial charge in [-0.15, -0.1) is 0 Å². The van der Waals surface area contributed by atoms with Gasteiger partial charge < -0.3 is 14.4 Å². The molecule has 148 valence electrons. The van der Waals surface area contributed by atoms with E-state index in [9.17, 15) is 0 Å². The lowest BCUT2D eigenvalue weighted by molar-refractivity contribution is 0.0824. The molecule has 29 heavy (non-hydrogen) atoms. The van der Waals surface area contributed by atoms with Crippen LogP contribution in [0.2, 0.25) is 0 Å². The molecule has 0 amide bonds. The van der Waals surface area contributed by atoms with Crippen molar-refractivity contribution >= 4 is 28.4 Å². The van der Waals surface area contributed by atoms with E-state index in [0.717, 1.165) is 28.0 Å². The predicted molar refractivity (Wildman–Crippen MR) is 119 cm³/mol. The molecule has 2 aliphatic rings. The Morgan fingerprint density at radius 3 is 2.55 bits per heavy atom. The van der Waals surface area contributed by atoms with Gasteiger partial charge in [-0.1, -0.05) is 18.2 Å². The fourth-order valence-electron chi connectivity index (χ4n) is 5.04. The monoisotopic (exact) mass is 386 g/mol. The number of hydrogen-bond donors (Lipinski definition) is 0. The van der Waals surface area contributed by atoms with E-state index in [1.54, 1.807) is 7.11 Å². The second-order valence-electron chi connectivity index (χ2n) is 8.64. The third-order valence-electron chi connectivity index (χ3n) is 6.89. The summed E-state index contributed by atoms with van der Waals surface area (Å²) in [6.07, 6.45) is 1.99. The minimum absolute atomic E-state index is 0.266. The molecule has 0 fully saturated rings. The number of nitrogens with zero attached hydrogens (tertiary/aromatic N) is 2. The van der Waals surface area contributed by atoms with Gasteiger partial charge in [-0.05, 0) is 74.0 Å². The van der Waals surface area contributed by atoms with Crippen molar-refractivity contribution in [3.05, 3.63) is 59.2 Å². The van der Waals surface area contributed by atoms with Crippen LogP contribution in [0.3, 0.4) is 0 Å². The highest BCUT2D eigenvalue weighted by atomic mass is 16.5. The van der Waals surface area contributed by atoms with Gasteiger partial charge in [0.05, 0.1) is 18.7 Å². The van der Waals surface area contributed by atoms with Crippen molar-refractivity contribution < 1.29 is 9.47 Å². The number of aliphatic imine (C=N–C) groups is 1. The topological polar surface area (TPSA) is 34.1 Å². The molecule has 4 nitrogen and oxygen atoms in total. The first-order valence-corrected chi connectivity index (χ1v) is 9.99. The normalized spacial score (nSPS) is 21.2. The van der Waals surface area contributed by atoms with Gasteiger partial charge >= 0.3 is 0 Å². The lowest BCUT2D eigenvalue weighted by Crippen LogP contribution is -2.61. The van der Waals surface area contributed by atoms with Crippen molar-refractivity contribution in [2.24, 2.45) is 4.99 Å². The zero-order valence-electron chi connectivity index (χ0n) is 17.8. The smallest absolute Gasteiger partial charge is 0.228 e. The van der Waals surface area contributed by atoms with E-state index in [2.05, 4.69) is 63.9 Å². The molecule has 0 saturated heterocycles. The van der Waals surface area contributed by atoms with Gasteiger partial charge in [0.15, 0.2) is 0 Å². The van der Waals surface area contributed by atoms with Gasteiger partial charge in [-0.25, -0.2) is 0 Å². The van der Waals surface area contributed by atoms with Gasteiger partial charge in [-0.2, -0.15) is 0 Å². The number of methoxy groups -OCH3 is 1. The summed E-state index contributed by atoms with van der Waals surface area (Å²) in [7, 11) is 3.78. The van der Waals surface area contributed by atoms with Crippen LogP contribution in [0.4, 0.5) is 11.4 Å². The van der Waals surface area contributed by atoms with Gasteiger partial charge in [0.25, 0.3) is 0 Å². The van der Waals surface area contributed by atoms with Crippen molar-refractivity contribution in [3.63, 3.8) is 0 Å². The maximum atomic E-state index is 6.80. The lowest BCUT2D eigenvalue weighted by atomic mass is 9.75. The number of hydrogen-bond acceptors (Lipinski definition) is 4. The number of anilines is 1. The van der Waals surface area contributed by atoms with E-state index in [4.69, 9.17) is 14.5 Å². The van der Waals surface area contributed by atoms with Gasteiger partial charge in [0.2, 0.25) is 5.72 Å². The molecule has 0 bridgehead atoms. The van der Waals surface area contributed by atoms with E-state index in [1.807, 2.05) is 24.4 Å². The largest absolute Gasteiger partial charge is 0.497 e. The molecular formula is C25H26N2O2. The Morgan fingerprint density at radius 1 is 1.03 bits per heavy atom. The summed E-state index contributed by atoms with van der Waals surface area (Å²) in [5, 5.41) is 2.16. The minimum Gasteiger partial charge on any atom is -0.497 e. The Hall–Kier alpha value is -3.01. The quantitative estimate of drug-likeness (QED) is 0.539. The molecule has 1 spiro atoms. The van der Waals surface area contributed by atoms with Crippen molar-refractivity contribution in [2.75, 3.05) is 19.1 Å². The van der Waals surface area contributed by atoms with Crippen LogP contribution in [0.1, 0.15) is 30.5 Å². The van der Waals surface area contributed by atoms with E-state index < -0.39 is 5.72 Å². The third kappa shape index (κ3) is 2.17. The summed E-state index contributed by atoms with van der Waals surface area (Å²) in [6.45, 7) is 8.88. The van der Waals surface area contributed by atoms with Crippen molar-refractivity contribution in [1.29, 1.82) is 0 Å². The highest BCUT2D eigenvalue weighted by Crippen LogP contribution is 2.55. The van der Waals surface area contributed by atoms with Gasteiger partial charge in [0.1, 0.15) is 17.2 Å². The molecule has 1 atom stereocenters. The van der Waals surface area contributed by atoms with Crippen molar-refractivity contribution in [2.45, 2.75) is 38.8 Å². The summed E-state index contributed by atoms with van der Waals surface area (Å²) in [4.78, 5) is 7.20. The average Bonchev–Trinajstić information content (AvgIpc) is 2.88. The Labute approximate surface area is 171 Å². The van der Waals surface area contributed by atoms with Gasteiger partial charge in [-0.3, -0.25) is 4.99 Å². The molecule has 0 aliphatic carbocycles. The zero-order valence-corrected chi connectivity index (χ0v) is 17.8. The van der Waals surface area contributed by atoms with E-state index in [-0.39, 0.29) is 5.41 Å². The highest BCUT2D eigenvalue weighted by molar-refractivity contribution is 6.00. The fraction of sp³-hybridized carbons (Fsp3) is 0.320. The number of ether oxygens (including phenoxy) is 2. The van der Waals surface area contributed by atoms with Crippen LogP contribution >= 0.6 is 0 Å². The van der Waals surface area contributed by atoms with Crippen LogP contribution < -0.4 is 14.4 Å².